The summed E-state index contributed by atoms with van der Waals surface area (Å²) in [5.41, 5.74) is 15.8. The predicted molar refractivity (Wildman–Crippen MR) is 227 cm³/mol. The number of nitrogens with zero attached hydrogens (tertiary/aromatic N) is 3. The molecule has 0 fully saturated rings. The molecule has 0 radical (unpaired) electrons. The summed E-state index contributed by atoms with van der Waals surface area (Å²) in [4.78, 5) is 4.71. The van der Waals surface area contributed by atoms with Crippen molar-refractivity contribution in [1.29, 1.82) is 5.26 Å². The van der Waals surface area contributed by atoms with E-state index in [1.54, 1.807) is 0 Å². The monoisotopic (exact) mass is 693 g/mol. The molecule has 0 saturated carbocycles. The fraction of sp³-hybridized carbons (Fsp3) is 0.0784. The minimum atomic E-state index is 0.634. The van der Waals surface area contributed by atoms with Crippen molar-refractivity contribution in [2.24, 2.45) is 0 Å². The number of rotatable bonds is 8. The molecule has 0 saturated heterocycles. The normalized spacial score (nSPS) is 13.1. The number of anilines is 4. The van der Waals surface area contributed by atoms with Crippen molar-refractivity contribution < 1.29 is 0 Å². The van der Waals surface area contributed by atoms with Crippen LogP contribution in [0.1, 0.15) is 34.2 Å². The molecule has 0 atom stereocenters. The Bertz CT molecular complexity index is 2570. The number of benzene rings is 7. The standard InChI is InChI=1S/C51H39N3/c1-36(53-31-11-18-41-16-8-9-20-49(41)53)21-24-40-25-29-48-50(30-26-42-17-10-19-47(40)51(42)48)54(45-27-22-37(35-52)23-28-45)46-33-43(38-12-4-2-5-13-38)32-44(34-46)39-14-6-3-7-15-39/h2-10,12-17,20-30,32-34H,1,11,18-19,31H2/b24-21-. The molecule has 1 aliphatic carbocycles. The summed E-state index contributed by atoms with van der Waals surface area (Å²) in [6, 6.07) is 56.0. The third-order valence-electron chi connectivity index (χ3n) is 10.8. The molecule has 0 aromatic heterocycles. The molecule has 0 N–H and O–H groups in total. The zero-order valence-electron chi connectivity index (χ0n) is 30.1. The van der Waals surface area contributed by atoms with E-state index in [0.29, 0.717) is 5.56 Å². The van der Waals surface area contributed by atoms with Crippen molar-refractivity contribution in [2.45, 2.75) is 19.3 Å². The number of allylic oxidation sites excluding steroid dienone is 2. The third-order valence-corrected chi connectivity index (χ3v) is 10.8. The van der Waals surface area contributed by atoms with Gasteiger partial charge in [0.2, 0.25) is 0 Å². The maximum absolute atomic E-state index is 9.70. The number of nitriles is 1. The van der Waals surface area contributed by atoms with Crippen LogP contribution in [0.3, 0.4) is 0 Å². The van der Waals surface area contributed by atoms with Gasteiger partial charge in [-0.3, -0.25) is 0 Å². The van der Waals surface area contributed by atoms with Crippen LogP contribution in [0.2, 0.25) is 0 Å². The largest absolute Gasteiger partial charge is 0.342 e. The molecule has 7 aromatic rings. The van der Waals surface area contributed by atoms with Gasteiger partial charge in [-0.2, -0.15) is 5.26 Å². The summed E-state index contributed by atoms with van der Waals surface area (Å²) in [6.45, 7) is 5.49. The summed E-state index contributed by atoms with van der Waals surface area (Å²) in [5.74, 6) is 0. The summed E-state index contributed by atoms with van der Waals surface area (Å²) in [6.07, 6.45) is 12.1. The zero-order chi connectivity index (χ0) is 36.4. The maximum atomic E-state index is 9.70. The van der Waals surface area contributed by atoms with Crippen molar-refractivity contribution in [2.75, 3.05) is 16.3 Å². The Labute approximate surface area is 317 Å². The van der Waals surface area contributed by atoms with Gasteiger partial charge >= 0.3 is 0 Å². The second-order valence-electron chi connectivity index (χ2n) is 14.0. The molecule has 258 valence electrons. The van der Waals surface area contributed by atoms with Gasteiger partial charge in [0.05, 0.1) is 17.3 Å². The maximum Gasteiger partial charge on any atom is 0.0991 e. The van der Waals surface area contributed by atoms with E-state index < -0.39 is 0 Å². The Kier molecular flexibility index (Phi) is 8.71. The molecule has 1 heterocycles. The second kappa shape index (κ2) is 14.3. The van der Waals surface area contributed by atoms with E-state index in [1.165, 1.54) is 38.7 Å². The van der Waals surface area contributed by atoms with Crippen LogP contribution in [0.4, 0.5) is 22.7 Å². The van der Waals surface area contributed by atoms with Gasteiger partial charge in [-0.15, -0.1) is 0 Å². The lowest BCUT2D eigenvalue weighted by molar-refractivity contribution is 0.752. The van der Waals surface area contributed by atoms with Crippen molar-refractivity contribution in [1.82, 2.24) is 0 Å². The number of hydrogen-bond acceptors (Lipinski definition) is 3. The summed E-state index contributed by atoms with van der Waals surface area (Å²) in [7, 11) is 0. The molecule has 0 bridgehead atoms. The first-order chi connectivity index (χ1) is 26.6. The number of fused-ring (bicyclic) bond motifs is 1. The fourth-order valence-corrected chi connectivity index (χ4v) is 8.12. The number of para-hydroxylation sites is 1. The Morgan fingerprint density at radius 1 is 0.704 bits per heavy atom. The minimum Gasteiger partial charge on any atom is -0.342 e. The quantitative estimate of drug-likeness (QED) is 0.148. The van der Waals surface area contributed by atoms with Gasteiger partial charge in [-0.05, 0) is 130 Å². The third kappa shape index (κ3) is 6.19. The van der Waals surface area contributed by atoms with Crippen LogP contribution in [0.5, 0.6) is 0 Å². The van der Waals surface area contributed by atoms with E-state index in [4.69, 9.17) is 0 Å². The first kappa shape index (κ1) is 33.0. The number of aryl methyl sites for hydroxylation is 1. The molecular formula is C51H39N3. The Morgan fingerprint density at radius 2 is 1.41 bits per heavy atom. The van der Waals surface area contributed by atoms with Crippen LogP contribution in [-0.2, 0) is 12.8 Å². The lowest BCUT2D eigenvalue weighted by atomic mass is 9.88. The summed E-state index contributed by atoms with van der Waals surface area (Å²) < 4.78 is 0. The number of hydrogen-bond donors (Lipinski definition) is 0. The second-order valence-corrected chi connectivity index (χ2v) is 14.0. The van der Waals surface area contributed by atoms with E-state index in [0.717, 1.165) is 70.8 Å². The van der Waals surface area contributed by atoms with Crippen LogP contribution in [0.15, 0.2) is 176 Å². The van der Waals surface area contributed by atoms with Crippen LogP contribution in [-0.4, -0.2) is 6.54 Å². The van der Waals surface area contributed by atoms with Crippen molar-refractivity contribution >= 4 is 45.7 Å². The van der Waals surface area contributed by atoms with Gasteiger partial charge < -0.3 is 9.80 Å². The Balaban J connectivity index is 1.20. The van der Waals surface area contributed by atoms with E-state index in [1.807, 2.05) is 12.1 Å². The summed E-state index contributed by atoms with van der Waals surface area (Å²) >= 11 is 0. The first-order valence-electron chi connectivity index (χ1n) is 18.7. The van der Waals surface area contributed by atoms with Crippen LogP contribution in [0, 0.1) is 11.3 Å². The lowest BCUT2D eigenvalue weighted by Gasteiger charge is -2.31. The molecular weight excluding hydrogens is 655 g/mol. The molecule has 0 amide bonds. The van der Waals surface area contributed by atoms with E-state index in [-0.39, 0.29) is 0 Å². The zero-order valence-corrected chi connectivity index (χ0v) is 30.1. The first-order valence-corrected chi connectivity index (χ1v) is 18.7. The van der Waals surface area contributed by atoms with Crippen molar-refractivity contribution in [3.63, 3.8) is 0 Å². The van der Waals surface area contributed by atoms with E-state index in [9.17, 15) is 5.26 Å². The highest BCUT2D eigenvalue weighted by molar-refractivity contribution is 6.06. The van der Waals surface area contributed by atoms with Gasteiger partial charge in [0.1, 0.15) is 0 Å². The summed E-state index contributed by atoms with van der Waals surface area (Å²) in [5, 5.41) is 12.2. The topological polar surface area (TPSA) is 30.3 Å². The Morgan fingerprint density at radius 3 is 2.13 bits per heavy atom. The smallest absolute Gasteiger partial charge is 0.0991 e. The highest BCUT2D eigenvalue weighted by Gasteiger charge is 2.22. The molecule has 0 unspecified atom stereocenters. The highest BCUT2D eigenvalue weighted by atomic mass is 15.1. The van der Waals surface area contributed by atoms with Crippen LogP contribution in [0.25, 0.3) is 45.2 Å². The highest BCUT2D eigenvalue weighted by Crippen LogP contribution is 2.45. The predicted octanol–water partition coefficient (Wildman–Crippen LogP) is 13.1. The molecule has 54 heavy (non-hydrogen) atoms. The molecule has 3 heteroatoms. The molecule has 1 aliphatic heterocycles. The minimum absolute atomic E-state index is 0.634. The van der Waals surface area contributed by atoms with Gasteiger partial charge in [-0.25, -0.2) is 0 Å². The van der Waals surface area contributed by atoms with Gasteiger partial charge in [0, 0.05) is 34.7 Å². The molecule has 2 aliphatic rings. The van der Waals surface area contributed by atoms with Gasteiger partial charge in [-0.1, -0.05) is 122 Å². The van der Waals surface area contributed by atoms with Crippen LogP contribution < -0.4 is 9.80 Å². The van der Waals surface area contributed by atoms with E-state index >= 15 is 0 Å². The average molecular weight is 694 g/mol. The van der Waals surface area contributed by atoms with Crippen molar-refractivity contribution in [3.05, 3.63) is 204 Å². The Hall–Kier alpha value is -6.89. The van der Waals surface area contributed by atoms with Gasteiger partial charge in [0.15, 0.2) is 0 Å². The van der Waals surface area contributed by atoms with Crippen molar-refractivity contribution in [3.8, 4) is 28.3 Å². The van der Waals surface area contributed by atoms with Crippen LogP contribution >= 0.6 is 0 Å². The molecule has 7 aromatic carbocycles. The van der Waals surface area contributed by atoms with Gasteiger partial charge in [0.25, 0.3) is 0 Å². The molecule has 3 nitrogen and oxygen atoms in total. The average Bonchev–Trinajstić information content (AvgIpc) is 3.24. The fourth-order valence-electron chi connectivity index (χ4n) is 8.12. The lowest BCUT2D eigenvalue weighted by Crippen LogP contribution is -2.27. The van der Waals surface area contributed by atoms with E-state index in [2.05, 4.69) is 186 Å². The molecule has 0 spiro atoms. The SMILES string of the molecule is C=C(/C=C\c1ccc2c(N(c3ccc(C#N)cc3)c3cc(-c4ccccc4)cc(-c4ccccc4)c3)ccc3c2c1CC=C3)N1CCCc2ccccc21. The molecule has 9 rings (SSSR count).